The molecule has 0 fully saturated rings. The maximum atomic E-state index is 9.31. The molecule has 86 heavy (non-hydrogen) atoms. The van der Waals surface area contributed by atoms with Crippen molar-refractivity contribution in [2.75, 3.05) is 12.3 Å². The number of nitrogen functional groups attached to an aromatic ring is 1. The van der Waals surface area contributed by atoms with Gasteiger partial charge in [-0.1, -0.05) is 220 Å². The minimum atomic E-state index is 0.446. The number of nitrogens with zero attached hydrogens (tertiary/aromatic N) is 9. The van der Waals surface area contributed by atoms with Gasteiger partial charge in [-0.25, -0.2) is 29.9 Å². The van der Waals surface area contributed by atoms with Crippen molar-refractivity contribution in [2.24, 2.45) is 11.3 Å². The molecule has 422 valence electrons. The third-order valence-corrected chi connectivity index (χ3v) is 15.3. The summed E-state index contributed by atoms with van der Waals surface area (Å²) in [6, 6.07) is 86.5. The van der Waals surface area contributed by atoms with E-state index in [1.807, 2.05) is 140 Å². The number of benzene rings is 10. The predicted molar refractivity (Wildman–Crippen MR) is 377 cm³/mol. The van der Waals surface area contributed by atoms with E-state index < -0.39 is 0 Å². The molecule has 2 N–H and O–H groups in total. The van der Waals surface area contributed by atoms with Crippen LogP contribution in [0.3, 0.4) is 0 Å². The number of anilines is 1. The lowest BCUT2D eigenvalue weighted by Crippen LogP contribution is -2.01. The van der Waals surface area contributed by atoms with Crippen molar-refractivity contribution in [3.63, 3.8) is 0 Å². The summed E-state index contributed by atoms with van der Waals surface area (Å²) in [6.07, 6.45) is 0.895. The highest BCUT2D eigenvalue weighted by Crippen LogP contribution is 2.38. The molecule has 0 bridgehead atoms. The minimum Gasteiger partial charge on any atom is -0.397 e. The molecular weight excluding hydrogens is 1410 g/mol. The van der Waals surface area contributed by atoms with Gasteiger partial charge in [0, 0.05) is 95.7 Å². The SMILES string of the molecule is CC(C)CCON=O.II.Ic1ccccc1-n1c2ccccc2c2ccc(-c3nc(-c4ccccc4)nc(-c4ccccc4)n3)cc21.Nc1ccccc1-n1c2ccccc2c2ccc(-c3nc(-c4ccccc4)nc(-c4ccccc4)n3)cc21. The quantitative estimate of drug-likeness (QED) is 0.0414. The van der Waals surface area contributed by atoms with Gasteiger partial charge in [0.15, 0.2) is 40.3 Å². The van der Waals surface area contributed by atoms with Gasteiger partial charge in [-0.15, -0.1) is 4.91 Å². The number of hydrogen-bond donors (Lipinski definition) is 1. The first-order valence-electron chi connectivity index (χ1n) is 27.8. The van der Waals surface area contributed by atoms with Gasteiger partial charge in [0.25, 0.3) is 0 Å². The van der Waals surface area contributed by atoms with Crippen LogP contribution in [0.4, 0.5) is 5.69 Å². The molecule has 15 heteroatoms. The van der Waals surface area contributed by atoms with Gasteiger partial charge in [0.1, 0.15) is 6.61 Å². The van der Waals surface area contributed by atoms with Crippen LogP contribution in [-0.4, -0.2) is 45.6 Å². The standard InChI is InChI=1S/C33H21IN4.C33H23N5.C5H11NO2.I2/c2*34-27-16-8-10-18-29(27)38-28-17-9-7-15-25(28)26-20-19-24(21-30(26)38)33-36-31(22-11-3-1-4-12-22)35-32(37-33)23-13-5-2-6-14-23;1-5(2)3-4-8-6-7;1-2/h1-21H;1-21H,34H2;5H,3-4H2,1-2H3;. The number of halogens is 3. The summed E-state index contributed by atoms with van der Waals surface area (Å²) in [7, 11) is 0. The van der Waals surface area contributed by atoms with Crippen LogP contribution in [-0.2, 0) is 4.84 Å². The van der Waals surface area contributed by atoms with E-state index in [0.29, 0.717) is 47.5 Å². The summed E-state index contributed by atoms with van der Waals surface area (Å²) in [4.78, 5) is 42.9. The topological polar surface area (TPSA) is 152 Å². The van der Waals surface area contributed by atoms with Crippen molar-refractivity contribution in [1.29, 1.82) is 0 Å². The Hall–Kier alpha value is -8.79. The first kappa shape index (κ1) is 59.0. The molecule has 14 aromatic rings. The monoisotopic (exact) mass is 1460 g/mol. The average Bonchev–Trinajstić information content (AvgIpc) is 1.93. The van der Waals surface area contributed by atoms with Crippen LogP contribution in [0.15, 0.2) is 260 Å². The lowest BCUT2D eigenvalue weighted by atomic mass is 10.1. The van der Waals surface area contributed by atoms with Crippen LogP contribution in [0.2, 0.25) is 0 Å². The van der Waals surface area contributed by atoms with Crippen LogP contribution in [0, 0.1) is 14.4 Å². The van der Waals surface area contributed by atoms with Gasteiger partial charge in [-0.2, -0.15) is 0 Å². The molecular formula is C71H55I3N10O2. The zero-order chi connectivity index (χ0) is 59.4. The van der Waals surface area contributed by atoms with Gasteiger partial charge in [0.2, 0.25) is 0 Å². The summed E-state index contributed by atoms with van der Waals surface area (Å²) in [5.41, 5.74) is 19.4. The highest BCUT2D eigenvalue weighted by molar-refractivity contribution is 15.0. The van der Waals surface area contributed by atoms with E-state index in [-0.39, 0.29) is 0 Å². The van der Waals surface area contributed by atoms with Gasteiger partial charge in [0.05, 0.1) is 39.1 Å². The molecule has 0 aliphatic rings. The number of fused-ring (bicyclic) bond motifs is 6. The maximum absolute atomic E-state index is 9.31. The van der Waals surface area contributed by atoms with Gasteiger partial charge >= 0.3 is 0 Å². The van der Waals surface area contributed by atoms with E-state index in [1.54, 1.807) is 0 Å². The predicted octanol–water partition coefficient (Wildman–Crippen LogP) is 19.6. The van der Waals surface area contributed by atoms with Crippen LogP contribution in [0.5, 0.6) is 0 Å². The van der Waals surface area contributed by atoms with Crippen molar-refractivity contribution in [1.82, 2.24) is 39.0 Å². The molecule has 0 amide bonds. The second-order valence-electron chi connectivity index (χ2n) is 20.3. The number of aromatic nitrogens is 8. The Labute approximate surface area is 535 Å². The first-order chi connectivity index (χ1) is 42.3. The van der Waals surface area contributed by atoms with Crippen LogP contribution in [0.1, 0.15) is 20.3 Å². The Morgan fingerprint density at radius 2 is 0.721 bits per heavy atom. The zero-order valence-electron chi connectivity index (χ0n) is 46.8. The molecule has 0 atom stereocenters. The number of rotatable bonds is 12. The summed E-state index contributed by atoms with van der Waals surface area (Å²) in [5.74, 6) is 4.46. The van der Waals surface area contributed by atoms with Crippen molar-refractivity contribution in [2.45, 2.75) is 20.3 Å². The molecule has 0 saturated heterocycles. The Bertz CT molecular complexity index is 4220. The fourth-order valence-electron chi connectivity index (χ4n) is 10.3. The molecule has 4 heterocycles. The summed E-state index contributed by atoms with van der Waals surface area (Å²) in [6.45, 7) is 4.57. The second-order valence-corrected chi connectivity index (χ2v) is 21.5. The molecule has 0 saturated carbocycles. The van der Waals surface area contributed by atoms with Gasteiger partial charge in [-0.05, 0) is 83.5 Å². The summed E-state index contributed by atoms with van der Waals surface area (Å²) in [5, 5.41) is 6.99. The highest BCUT2D eigenvalue weighted by atomic mass is 128. The molecule has 12 nitrogen and oxygen atoms in total. The summed E-state index contributed by atoms with van der Waals surface area (Å²) < 4.78 is 5.75. The van der Waals surface area contributed by atoms with Gasteiger partial charge < -0.3 is 19.7 Å². The van der Waals surface area contributed by atoms with E-state index in [9.17, 15) is 4.91 Å². The summed E-state index contributed by atoms with van der Waals surface area (Å²) >= 11 is 6.65. The minimum absolute atomic E-state index is 0.446. The Morgan fingerprint density at radius 1 is 0.395 bits per heavy atom. The van der Waals surface area contributed by atoms with Crippen molar-refractivity contribution < 1.29 is 4.84 Å². The lowest BCUT2D eigenvalue weighted by molar-refractivity contribution is 0.128. The Balaban J connectivity index is 0.000000155. The zero-order valence-corrected chi connectivity index (χ0v) is 53.3. The van der Waals surface area contributed by atoms with Gasteiger partial charge in [-0.3, -0.25) is 0 Å². The maximum Gasteiger partial charge on any atom is 0.164 e. The van der Waals surface area contributed by atoms with Crippen LogP contribution >= 0.6 is 59.8 Å². The molecule has 10 aromatic carbocycles. The molecule has 4 aromatic heterocycles. The number of nitrogens with two attached hydrogens (primary N) is 1. The smallest absolute Gasteiger partial charge is 0.164 e. The van der Waals surface area contributed by atoms with Crippen LogP contribution < -0.4 is 5.73 Å². The van der Waals surface area contributed by atoms with E-state index in [0.717, 1.165) is 78.8 Å². The van der Waals surface area contributed by atoms with E-state index in [4.69, 9.17) is 35.6 Å². The number of para-hydroxylation sites is 5. The van der Waals surface area contributed by atoms with Crippen molar-refractivity contribution in [3.05, 3.63) is 263 Å². The largest absolute Gasteiger partial charge is 0.397 e. The lowest BCUT2D eigenvalue weighted by Gasteiger charge is -2.12. The average molecular weight is 1460 g/mol. The van der Waals surface area contributed by atoms with Crippen molar-refractivity contribution >= 4 is 109 Å². The highest BCUT2D eigenvalue weighted by Gasteiger charge is 2.20. The van der Waals surface area contributed by atoms with E-state index in [1.165, 1.54) is 25.2 Å². The third-order valence-electron chi connectivity index (χ3n) is 14.4. The van der Waals surface area contributed by atoms with E-state index >= 15 is 0 Å². The third kappa shape index (κ3) is 13.0. The Kier molecular flexibility index (Phi) is 19.2. The fourth-order valence-corrected chi connectivity index (χ4v) is 10.9. The molecule has 14 rings (SSSR count). The van der Waals surface area contributed by atoms with Crippen molar-refractivity contribution in [3.8, 4) is 79.7 Å². The first-order valence-corrected chi connectivity index (χ1v) is 35.2. The second kappa shape index (κ2) is 27.9. The van der Waals surface area contributed by atoms with E-state index in [2.05, 4.69) is 208 Å². The number of hydrogen-bond acceptors (Lipinski definition) is 10. The molecule has 0 aliphatic carbocycles. The molecule has 0 unspecified atom stereocenters. The molecule has 0 radical (unpaired) electrons. The Morgan fingerprint density at radius 3 is 1.10 bits per heavy atom. The molecule has 0 spiro atoms. The fraction of sp³-hybridized carbons (Fsp3) is 0.0704. The normalized spacial score (nSPS) is 10.9. The molecule has 0 aliphatic heterocycles. The van der Waals surface area contributed by atoms with Crippen LogP contribution in [0.25, 0.3) is 123 Å².